The molecule has 0 atom stereocenters. The van der Waals surface area contributed by atoms with Crippen LogP contribution < -0.4 is 0 Å². The van der Waals surface area contributed by atoms with Crippen molar-refractivity contribution >= 4 is 10.0 Å². The van der Waals surface area contributed by atoms with Crippen LogP contribution in [0.5, 0.6) is 0 Å². The van der Waals surface area contributed by atoms with Crippen LogP contribution in [0.15, 0.2) is 29.2 Å². The number of rotatable bonds is 2. The molecular formula is C7H4F5NO2S. The minimum absolute atomic E-state index is 0.140. The minimum Gasteiger partial charge on any atom is -0.202 e. The van der Waals surface area contributed by atoms with E-state index in [1.807, 2.05) is 0 Å². The van der Waals surface area contributed by atoms with Crippen molar-refractivity contribution in [3.8, 4) is 0 Å². The zero-order chi connectivity index (χ0) is 12.6. The predicted octanol–water partition coefficient (Wildman–Crippen LogP) is 2.47. The molecule has 0 bridgehead atoms. The van der Waals surface area contributed by atoms with Gasteiger partial charge in [0.15, 0.2) is 0 Å². The molecule has 0 aliphatic rings. The van der Waals surface area contributed by atoms with Gasteiger partial charge < -0.3 is 0 Å². The fourth-order valence-electron chi connectivity index (χ4n) is 0.913. The summed E-state index contributed by atoms with van der Waals surface area (Å²) in [6, 6.07) is 2.11. The molecule has 1 aromatic rings. The van der Waals surface area contributed by atoms with Gasteiger partial charge in [0.05, 0.1) is 10.5 Å². The first-order chi connectivity index (χ1) is 7.15. The Balaban J connectivity index is 3.30. The Labute approximate surface area is 87.0 Å². The summed E-state index contributed by atoms with van der Waals surface area (Å²) in [5.74, 6) is 0. The summed E-state index contributed by atoms with van der Waals surface area (Å²) in [4.78, 5) is -1.12. The molecule has 0 heterocycles. The quantitative estimate of drug-likeness (QED) is 0.605. The third-order valence-corrected chi connectivity index (χ3v) is 2.85. The van der Waals surface area contributed by atoms with Crippen LogP contribution in [0.1, 0.15) is 5.56 Å². The SMILES string of the molecule is O=S(=O)(c1cccc(C(F)(F)F)c1)N(F)F. The Morgan fingerprint density at radius 3 is 2.12 bits per heavy atom. The predicted molar refractivity (Wildman–Crippen MR) is 42.7 cm³/mol. The molecule has 0 aliphatic heterocycles. The number of benzene rings is 1. The summed E-state index contributed by atoms with van der Waals surface area (Å²) in [6.07, 6.45) is -4.79. The first-order valence-electron chi connectivity index (χ1n) is 3.70. The Kier molecular flexibility index (Phi) is 3.20. The van der Waals surface area contributed by atoms with Gasteiger partial charge in [-0.05, 0) is 18.2 Å². The molecule has 0 spiro atoms. The van der Waals surface area contributed by atoms with E-state index in [1.165, 1.54) is 0 Å². The van der Waals surface area contributed by atoms with Crippen molar-refractivity contribution < 1.29 is 30.6 Å². The maximum absolute atomic E-state index is 12.2. The van der Waals surface area contributed by atoms with E-state index < -0.39 is 31.4 Å². The summed E-state index contributed by atoms with van der Waals surface area (Å²) in [5.41, 5.74) is -1.31. The molecule has 9 heteroatoms. The van der Waals surface area contributed by atoms with Gasteiger partial charge in [0.25, 0.3) is 10.0 Å². The maximum atomic E-state index is 12.2. The summed E-state index contributed by atoms with van der Waals surface area (Å²) >= 11 is 0. The highest BCUT2D eigenvalue weighted by molar-refractivity contribution is 7.88. The van der Waals surface area contributed by atoms with Gasteiger partial charge >= 0.3 is 6.18 Å². The van der Waals surface area contributed by atoms with Crippen molar-refractivity contribution in [2.75, 3.05) is 0 Å². The molecule has 0 saturated carbocycles. The third kappa shape index (κ3) is 2.47. The first kappa shape index (κ1) is 12.8. The molecule has 0 radical (unpaired) electrons. The summed E-state index contributed by atoms with van der Waals surface area (Å²) in [5, 5.41) is 0. The zero-order valence-corrected chi connectivity index (χ0v) is 8.19. The minimum atomic E-state index is -5.16. The average Bonchev–Trinajstić information content (AvgIpc) is 2.16. The van der Waals surface area contributed by atoms with E-state index in [0.717, 1.165) is 6.07 Å². The van der Waals surface area contributed by atoms with Crippen molar-refractivity contribution in [1.82, 2.24) is 4.75 Å². The van der Waals surface area contributed by atoms with Gasteiger partial charge in [0.2, 0.25) is 0 Å². The highest BCUT2D eigenvalue weighted by atomic mass is 32.2. The van der Waals surface area contributed by atoms with Gasteiger partial charge in [-0.2, -0.15) is 13.2 Å². The van der Waals surface area contributed by atoms with E-state index >= 15 is 0 Å². The number of hydrogen-bond acceptors (Lipinski definition) is 2. The fraction of sp³-hybridized carbons (Fsp3) is 0.143. The average molecular weight is 261 g/mol. The van der Waals surface area contributed by atoms with Crippen molar-refractivity contribution in [3.05, 3.63) is 29.8 Å². The van der Waals surface area contributed by atoms with Crippen LogP contribution in [-0.4, -0.2) is 13.2 Å². The van der Waals surface area contributed by atoms with Gasteiger partial charge in [-0.3, -0.25) is 0 Å². The fourth-order valence-corrected chi connectivity index (χ4v) is 1.60. The molecule has 0 aliphatic carbocycles. The summed E-state index contributed by atoms with van der Waals surface area (Å²) in [6.45, 7) is 0. The van der Waals surface area contributed by atoms with Crippen molar-refractivity contribution in [2.24, 2.45) is 0 Å². The second kappa shape index (κ2) is 3.98. The molecule has 0 aromatic heterocycles. The molecule has 90 valence electrons. The summed E-state index contributed by atoms with van der Waals surface area (Å²) < 4.78 is 79.8. The molecule has 3 nitrogen and oxygen atoms in total. The van der Waals surface area contributed by atoms with Gasteiger partial charge in [0.1, 0.15) is 4.75 Å². The lowest BCUT2D eigenvalue weighted by Gasteiger charge is -2.08. The van der Waals surface area contributed by atoms with Crippen molar-refractivity contribution in [3.63, 3.8) is 0 Å². The standard InChI is InChI=1S/C7H4F5NO2S/c8-7(9,10)5-2-1-3-6(4-5)16(14,15)13(11)12/h1-4H. The van der Waals surface area contributed by atoms with E-state index in [9.17, 15) is 30.6 Å². The van der Waals surface area contributed by atoms with Gasteiger partial charge in [-0.25, -0.2) is 8.42 Å². The molecule has 0 unspecified atom stereocenters. The highest BCUT2D eigenvalue weighted by Gasteiger charge is 2.33. The van der Waals surface area contributed by atoms with Crippen LogP contribution in [0, 0.1) is 0 Å². The van der Waals surface area contributed by atoms with E-state index in [4.69, 9.17) is 0 Å². The largest absolute Gasteiger partial charge is 0.416 e. The third-order valence-electron chi connectivity index (χ3n) is 1.64. The molecule has 0 amide bonds. The number of halogens is 5. The van der Waals surface area contributed by atoms with Crippen LogP contribution >= 0.6 is 0 Å². The molecule has 1 aromatic carbocycles. The smallest absolute Gasteiger partial charge is 0.202 e. The summed E-state index contributed by atoms with van der Waals surface area (Å²) in [7, 11) is -5.16. The Hall–Kier alpha value is -1.22. The van der Waals surface area contributed by atoms with E-state index in [0.29, 0.717) is 12.1 Å². The molecule has 0 fully saturated rings. The Bertz CT molecular complexity index is 482. The monoisotopic (exact) mass is 261 g/mol. The Morgan fingerprint density at radius 2 is 1.69 bits per heavy atom. The van der Waals surface area contributed by atoms with Gasteiger partial charge in [0, 0.05) is 0 Å². The number of alkyl halides is 3. The number of hydrogen-bond donors (Lipinski definition) is 0. The van der Waals surface area contributed by atoms with Crippen LogP contribution in [-0.2, 0) is 16.2 Å². The highest BCUT2D eigenvalue weighted by Crippen LogP contribution is 2.31. The normalized spacial score (nSPS) is 13.1. The van der Waals surface area contributed by atoms with Gasteiger partial charge in [-0.1, -0.05) is 15.0 Å². The first-order valence-corrected chi connectivity index (χ1v) is 5.14. The van der Waals surface area contributed by atoms with Crippen LogP contribution in [0.2, 0.25) is 0 Å². The lowest BCUT2D eigenvalue weighted by molar-refractivity contribution is -0.137. The van der Waals surface area contributed by atoms with Crippen molar-refractivity contribution in [2.45, 2.75) is 11.1 Å². The molecule has 1 rings (SSSR count). The lowest BCUT2D eigenvalue weighted by Crippen LogP contribution is -2.15. The lowest BCUT2D eigenvalue weighted by atomic mass is 10.2. The molecular weight excluding hydrogens is 257 g/mol. The molecule has 16 heavy (non-hydrogen) atoms. The van der Waals surface area contributed by atoms with E-state index in [1.54, 1.807) is 0 Å². The van der Waals surface area contributed by atoms with E-state index in [2.05, 4.69) is 0 Å². The maximum Gasteiger partial charge on any atom is 0.416 e. The zero-order valence-electron chi connectivity index (χ0n) is 7.37. The van der Waals surface area contributed by atoms with Crippen LogP contribution in [0.4, 0.5) is 22.1 Å². The topological polar surface area (TPSA) is 37.4 Å². The number of sulfonamides is 1. The van der Waals surface area contributed by atoms with E-state index in [-0.39, 0.29) is 6.07 Å². The molecule has 0 N–H and O–H groups in total. The van der Waals surface area contributed by atoms with Gasteiger partial charge in [-0.15, -0.1) is 0 Å². The second-order valence-corrected chi connectivity index (χ2v) is 4.40. The van der Waals surface area contributed by atoms with Crippen LogP contribution in [0.25, 0.3) is 0 Å². The Morgan fingerprint density at radius 1 is 1.12 bits per heavy atom. The van der Waals surface area contributed by atoms with Crippen molar-refractivity contribution in [1.29, 1.82) is 0 Å². The number of nitrogens with zero attached hydrogens (tertiary/aromatic N) is 1. The second-order valence-electron chi connectivity index (χ2n) is 2.70. The molecule has 0 saturated heterocycles. The van der Waals surface area contributed by atoms with Crippen LogP contribution in [0.3, 0.4) is 0 Å².